The van der Waals surface area contributed by atoms with Gasteiger partial charge in [0.15, 0.2) is 0 Å². The first-order chi connectivity index (χ1) is 14.5. The summed E-state index contributed by atoms with van der Waals surface area (Å²) in [5.74, 6) is -0.560. The van der Waals surface area contributed by atoms with Crippen molar-refractivity contribution in [3.8, 4) is 0 Å². The summed E-state index contributed by atoms with van der Waals surface area (Å²) in [5.41, 5.74) is 3.38. The lowest BCUT2D eigenvalue weighted by Gasteiger charge is -2.12. The SMILES string of the molecule is Cc1ccc2c(CC(=O)NCCN3C(=O)S/C(=C/c4cccnc4)C3=O)coc2c1. The van der Waals surface area contributed by atoms with Crippen molar-refractivity contribution in [3.05, 3.63) is 70.6 Å². The first-order valence-electron chi connectivity index (χ1n) is 9.40. The molecule has 0 spiro atoms. The first kappa shape index (κ1) is 19.9. The summed E-state index contributed by atoms with van der Waals surface area (Å²) >= 11 is 0.887. The second kappa shape index (κ2) is 8.54. The molecule has 3 heterocycles. The van der Waals surface area contributed by atoms with E-state index in [1.807, 2.05) is 31.2 Å². The van der Waals surface area contributed by atoms with Gasteiger partial charge in [0.25, 0.3) is 11.1 Å². The molecule has 8 heteroatoms. The number of carbonyl (C=O) groups excluding carboxylic acids is 3. The van der Waals surface area contributed by atoms with Crippen LogP contribution < -0.4 is 5.32 Å². The molecular weight excluding hydrogens is 402 g/mol. The molecule has 0 unspecified atom stereocenters. The highest BCUT2D eigenvalue weighted by Crippen LogP contribution is 2.31. The largest absolute Gasteiger partial charge is 0.464 e. The number of aryl methyl sites for hydroxylation is 1. The average Bonchev–Trinajstić information content (AvgIpc) is 3.23. The van der Waals surface area contributed by atoms with Gasteiger partial charge in [0.2, 0.25) is 5.91 Å². The monoisotopic (exact) mass is 421 g/mol. The van der Waals surface area contributed by atoms with Gasteiger partial charge in [-0.3, -0.25) is 24.3 Å². The van der Waals surface area contributed by atoms with Gasteiger partial charge in [0.05, 0.1) is 17.6 Å². The fourth-order valence-electron chi connectivity index (χ4n) is 3.18. The zero-order valence-electron chi connectivity index (χ0n) is 16.3. The van der Waals surface area contributed by atoms with E-state index < -0.39 is 0 Å². The van der Waals surface area contributed by atoms with Crippen molar-refractivity contribution in [1.82, 2.24) is 15.2 Å². The van der Waals surface area contributed by atoms with Crippen LogP contribution >= 0.6 is 11.8 Å². The Morgan fingerprint density at radius 2 is 2.17 bits per heavy atom. The van der Waals surface area contributed by atoms with Crippen molar-refractivity contribution in [2.24, 2.45) is 0 Å². The quantitative estimate of drug-likeness (QED) is 0.612. The second-order valence-electron chi connectivity index (χ2n) is 6.91. The van der Waals surface area contributed by atoms with E-state index in [1.54, 1.807) is 30.8 Å². The average molecular weight is 421 g/mol. The highest BCUT2D eigenvalue weighted by molar-refractivity contribution is 8.18. The van der Waals surface area contributed by atoms with Crippen molar-refractivity contribution >= 4 is 45.9 Å². The lowest BCUT2D eigenvalue weighted by molar-refractivity contribution is -0.124. The van der Waals surface area contributed by atoms with Crippen molar-refractivity contribution in [2.45, 2.75) is 13.3 Å². The minimum absolute atomic E-state index is 0.117. The predicted octanol–water partition coefficient (Wildman–Crippen LogP) is 3.53. The number of pyridine rings is 1. The normalized spacial score (nSPS) is 15.4. The number of thioether (sulfide) groups is 1. The topological polar surface area (TPSA) is 92.5 Å². The van der Waals surface area contributed by atoms with Gasteiger partial charge in [0, 0.05) is 36.4 Å². The molecule has 1 aromatic carbocycles. The molecule has 152 valence electrons. The highest BCUT2D eigenvalue weighted by atomic mass is 32.2. The number of nitrogens with zero attached hydrogens (tertiary/aromatic N) is 2. The molecular formula is C22H19N3O4S. The number of furan rings is 1. The Bertz CT molecular complexity index is 1150. The van der Waals surface area contributed by atoms with Gasteiger partial charge in [-0.2, -0.15) is 0 Å². The molecule has 1 aliphatic heterocycles. The van der Waals surface area contributed by atoms with Gasteiger partial charge in [-0.1, -0.05) is 18.2 Å². The fraction of sp³-hybridized carbons (Fsp3) is 0.182. The highest BCUT2D eigenvalue weighted by Gasteiger charge is 2.34. The van der Waals surface area contributed by atoms with Crippen LogP contribution in [0.15, 0.2) is 58.3 Å². The summed E-state index contributed by atoms with van der Waals surface area (Å²) in [4.78, 5) is 42.5. The van der Waals surface area contributed by atoms with Crippen LogP contribution in [0.4, 0.5) is 4.79 Å². The predicted molar refractivity (Wildman–Crippen MR) is 115 cm³/mol. The molecule has 0 atom stereocenters. The summed E-state index contributed by atoms with van der Waals surface area (Å²) in [6, 6.07) is 9.40. The third-order valence-electron chi connectivity index (χ3n) is 4.68. The van der Waals surface area contributed by atoms with Gasteiger partial charge in [-0.05, 0) is 48.0 Å². The summed E-state index contributed by atoms with van der Waals surface area (Å²) in [7, 11) is 0. The number of rotatable bonds is 6. The van der Waals surface area contributed by atoms with Gasteiger partial charge in [0.1, 0.15) is 5.58 Å². The Balaban J connectivity index is 1.32. The van der Waals surface area contributed by atoms with Crippen molar-refractivity contribution < 1.29 is 18.8 Å². The zero-order valence-corrected chi connectivity index (χ0v) is 17.1. The van der Waals surface area contributed by atoms with E-state index in [4.69, 9.17) is 4.42 Å². The van der Waals surface area contributed by atoms with Crippen LogP contribution in [0.25, 0.3) is 17.0 Å². The van der Waals surface area contributed by atoms with E-state index in [1.165, 1.54) is 0 Å². The Labute approximate surface area is 177 Å². The van der Waals surface area contributed by atoms with E-state index in [9.17, 15) is 14.4 Å². The van der Waals surface area contributed by atoms with Gasteiger partial charge in [-0.25, -0.2) is 0 Å². The molecule has 1 saturated heterocycles. The Kier molecular flexibility index (Phi) is 5.67. The number of benzene rings is 1. The van der Waals surface area contributed by atoms with Crippen molar-refractivity contribution in [3.63, 3.8) is 0 Å². The minimum atomic E-state index is -0.362. The Hall–Kier alpha value is -3.39. The van der Waals surface area contributed by atoms with Crippen LogP contribution in [-0.2, 0) is 16.0 Å². The smallest absolute Gasteiger partial charge is 0.293 e. The number of amides is 3. The molecule has 30 heavy (non-hydrogen) atoms. The minimum Gasteiger partial charge on any atom is -0.464 e. The number of aromatic nitrogens is 1. The van der Waals surface area contributed by atoms with Gasteiger partial charge in [-0.15, -0.1) is 0 Å². The lowest BCUT2D eigenvalue weighted by Crippen LogP contribution is -2.37. The molecule has 0 aliphatic carbocycles. The van der Waals surface area contributed by atoms with Crippen LogP contribution in [0.2, 0.25) is 0 Å². The summed E-state index contributed by atoms with van der Waals surface area (Å²) in [5, 5.41) is 3.32. The van der Waals surface area contributed by atoms with E-state index in [-0.39, 0.29) is 36.6 Å². The van der Waals surface area contributed by atoms with Gasteiger partial charge < -0.3 is 9.73 Å². The Morgan fingerprint density at radius 3 is 2.97 bits per heavy atom. The molecule has 0 radical (unpaired) electrons. The van der Waals surface area contributed by atoms with E-state index in [0.717, 1.165) is 44.3 Å². The number of nitrogens with one attached hydrogen (secondary N) is 1. The lowest BCUT2D eigenvalue weighted by atomic mass is 10.1. The van der Waals surface area contributed by atoms with Crippen molar-refractivity contribution in [1.29, 1.82) is 0 Å². The number of hydrogen-bond donors (Lipinski definition) is 1. The van der Waals surface area contributed by atoms with E-state index >= 15 is 0 Å². The molecule has 1 N–H and O–H groups in total. The van der Waals surface area contributed by atoms with Crippen LogP contribution in [0.5, 0.6) is 0 Å². The zero-order chi connectivity index (χ0) is 21.1. The van der Waals surface area contributed by atoms with Crippen LogP contribution in [0.1, 0.15) is 16.7 Å². The van der Waals surface area contributed by atoms with Crippen molar-refractivity contribution in [2.75, 3.05) is 13.1 Å². The van der Waals surface area contributed by atoms with E-state index in [2.05, 4.69) is 10.3 Å². The second-order valence-corrected chi connectivity index (χ2v) is 7.90. The van der Waals surface area contributed by atoms with Crippen LogP contribution in [0, 0.1) is 6.92 Å². The number of imide groups is 1. The maximum atomic E-state index is 12.5. The third-order valence-corrected chi connectivity index (χ3v) is 5.58. The first-order valence-corrected chi connectivity index (χ1v) is 10.2. The Morgan fingerprint density at radius 1 is 1.30 bits per heavy atom. The maximum absolute atomic E-state index is 12.5. The molecule has 2 aromatic heterocycles. The third kappa shape index (κ3) is 4.28. The molecule has 0 saturated carbocycles. The van der Waals surface area contributed by atoms with E-state index in [0.29, 0.717) is 4.91 Å². The summed E-state index contributed by atoms with van der Waals surface area (Å²) in [6.45, 7) is 2.28. The van der Waals surface area contributed by atoms with Gasteiger partial charge >= 0.3 is 0 Å². The molecule has 3 amide bonds. The number of hydrogen-bond acceptors (Lipinski definition) is 6. The molecule has 4 rings (SSSR count). The molecule has 1 fully saturated rings. The molecule has 7 nitrogen and oxygen atoms in total. The maximum Gasteiger partial charge on any atom is 0.293 e. The molecule has 0 bridgehead atoms. The number of fused-ring (bicyclic) bond motifs is 1. The van der Waals surface area contributed by atoms with Crippen LogP contribution in [0.3, 0.4) is 0 Å². The summed E-state index contributed by atoms with van der Waals surface area (Å²) < 4.78 is 5.51. The van der Waals surface area contributed by atoms with Crippen LogP contribution in [-0.4, -0.2) is 40.0 Å². The molecule has 3 aromatic rings. The fourth-order valence-corrected chi connectivity index (χ4v) is 4.04. The summed E-state index contributed by atoms with van der Waals surface area (Å²) in [6.07, 6.45) is 6.65. The molecule has 1 aliphatic rings. The standard InChI is InChI=1S/C22H19N3O4S/c1-14-4-5-17-16(13-29-18(17)9-14)11-20(26)24-7-8-25-21(27)19(30-22(25)28)10-15-3-2-6-23-12-15/h2-6,9-10,12-13H,7-8,11H2,1H3,(H,24,26)/b19-10+. The number of carbonyl (C=O) groups is 3.